The van der Waals surface area contributed by atoms with Crippen molar-refractivity contribution in [2.45, 2.75) is 25.4 Å². The van der Waals surface area contributed by atoms with E-state index in [9.17, 15) is 4.79 Å². The van der Waals surface area contributed by atoms with E-state index >= 15 is 0 Å². The highest BCUT2D eigenvalue weighted by atomic mass is 35.5. The first-order chi connectivity index (χ1) is 14.5. The SMILES string of the molecule is Cc1cccc(C)c1-n1nnnc1SCC(=O)Nc1cc2c(cc1Cl)OCCCO2. The first kappa shape index (κ1) is 20.5. The summed E-state index contributed by atoms with van der Waals surface area (Å²) in [5.41, 5.74) is 3.48. The number of para-hydroxylation sites is 1. The molecule has 1 aliphatic rings. The number of ether oxygens (including phenoxy) is 2. The lowest BCUT2D eigenvalue weighted by atomic mass is 10.1. The number of amides is 1. The van der Waals surface area contributed by atoms with Gasteiger partial charge in [0.15, 0.2) is 11.5 Å². The van der Waals surface area contributed by atoms with Gasteiger partial charge in [0.1, 0.15) is 0 Å². The number of fused-ring (bicyclic) bond motifs is 1. The average Bonchev–Trinajstić information content (AvgIpc) is 3.05. The molecule has 0 spiro atoms. The number of anilines is 1. The molecule has 0 fully saturated rings. The van der Waals surface area contributed by atoms with E-state index in [2.05, 4.69) is 20.8 Å². The van der Waals surface area contributed by atoms with Crippen LogP contribution in [0.4, 0.5) is 5.69 Å². The third-order valence-corrected chi connectivity index (χ3v) is 5.77. The minimum atomic E-state index is -0.229. The Hall–Kier alpha value is -2.78. The van der Waals surface area contributed by atoms with E-state index in [1.165, 1.54) is 11.8 Å². The van der Waals surface area contributed by atoms with Gasteiger partial charge >= 0.3 is 0 Å². The van der Waals surface area contributed by atoms with Crippen LogP contribution in [0.2, 0.25) is 5.02 Å². The molecule has 0 radical (unpaired) electrons. The molecule has 0 atom stereocenters. The summed E-state index contributed by atoms with van der Waals surface area (Å²) in [7, 11) is 0. The molecule has 0 unspecified atom stereocenters. The highest BCUT2D eigenvalue weighted by Gasteiger charge is 2.18. The molecule has 1 aliphatic heterocycles. The van der Waals surface area contributed by atoms with Crippen molar-refractivity contribution in [1.82, 2.24) is 20.2 Å². The number of nitrogens with zero attached hydrogens (tertiary/aromatic N) is 4. The molecule has 4 rings (SSSR count). The molecule has 2 aromatic carbocycles. The molecule has 1 N–H and O–H groups in total. The van der Waals surface area contributed by atoms with E-state index < -0.39 is 0 Å². The monoisotopic (exact) mass is 445 g/mol. The van der Waals surface area contributed by atoms with Crippen LogP contribution in [0.3, 0.4) is 0 Å². The highest BCUT2D eigenvalue weighted by molar-refractivity contribution is 7.99. The Labute approximate surface area is 182 Å². The zero-order valence-corrected chi connectivity index (χ0v) is 18.1. The second kappa shape index (κ2) is 8.93. The molecule has 2 heterocycles. The molecule has 0 bridgehead atoms. The van der Waals surface area contributed by atoms with Gasteiger partial charge < -0.3 is 14.8 Å². The summed E-state index contributed by atoms with van der Waals surface area (Å²) in [5.74, 6) is 1.04. The Morgan fingerprint density at radius 1 is 1.20 bits per heavy atom. The number of hydrogen-bond acceptors (Lipinski definition) is 7. The Kier molecular flexibility index (Phi) is 6.10. The van der Waals surface area contributed by atoms with Crippen LogP contribution in [0.5, 0.6) is 11.5 Å². The lowest BCUT2D eigenvalue weighted by Crippen LogP contribution is -2.15. The van der Waals surface area contributed by atoms with Crippen molar-refractivity contribution in [1.29, 1.82) is 0 Å². The molecule has 0 aliphatic carbocycles. The van der Waals surface area contributed by atoms with Crippen LogP contribution < -0.4 is 14.8 Å². The third kappa shape index (κ3) is 4.36. The maximum absolute atomic E-state index is 12.5. The predicted octanol–water partition coefficient (Wildman–Crippen LogP) is 3.82. The first-order valence-electron chi connectivity index (χ1n) is 9.39. The Morgan fingerprint density at radius 3 is 2.63 bits per heavy atom. The smallest absolute Gasteiger partial charge is 0.234 e. The van der Waals surface area contributed by atoms with Gasteiger partial charge in [-0.15, -0.1) is 5.10 Å². The van der Waals surface area contributed by atoms with Crippen LogP contribution in [0.15, 0.2) is 35.5 Å². The number of nitrogens with one attached hydrogen (secondary N) is 1. The van der Waals surface area contributed by atoms with Gasteiger partial charge in [-0.05, 0) is 35.4 Å². The van der Waals surface area contributed by atoms with Gasteiger partial charge in [-0.25, -0.2) is 0 Å². The fraction of sp³-hybridized carbons (Fsp3) is 0.300. The summed E-state index contributed by atoms with van der Waals surface area (Å²) in [4.78, 5) is 12.5. The molecule has 156 valence electrons. The summed E-state index contributed by atoms with van der Waals surface area (Å²) in [6, 6.07) is 9.32. The van der Waals surface area contributed by atoms with E-state index in [-0.39, 0.29) is 11.7 Å². The van der Waals surface area contributed by atoms with Gasteiger partial charge in [0.05, 0.1) is 35.4 Å². The summed E-state index contributed by atoms with van der Waals surface area (Å²) in [6.45, 7) is 5.12. The lowest BCUT2D eigenvalue weighted by molar-refractivity contribution is -0.113. The largest absolute Gasteiger partial charge is 0.490 e. The van der Waals surface area contributed by atoms with Gasteiger partial charge in [0.25, 0.3) is 0 Å². The third-order valence-electron chi connectivity index (χ3n) is 4.54. The number of hydrogen-bond donors (Lipinski definition) is 1. The summed E-state index contributed by atoms with van der Waals surface area (Å²) in [6.07, 6.45) is 0.791. The normalized spacial score (nSPS) is 13.0. The van der Waals surface area contributed by atoms with E-state index in [1.807, 2.05) is 32.0 Å². The second-order valence-corrected chi connectivity index (χ2v) is 8.13. The Balaban J connectivity index is 1.46. The number of carbonyl (C=O) groups is 1. The van der Waals surface area contributed by atoms with Gasteiger partial charge in [-0.3, -0.25) is 4.79 Å². The van der Waals surface area contributed by atoms with Crippen molar-refractivity contribution in [2.75, 3.05) is 24.3 Å². The van der Waals surface area contributed by atoms with Crippen molar-refractivity contribution < 1.29 is 14.3 Å². The Bertz CT molecular complexity index is 1070. The van der Waals surface area contributed by atoms with Crippen LogP contribution in [-0.2, 0) is 4.79 Å². The van der Waals surface area contributed by atoms with Crippen molar-refractivity contribution in [3.63, 3.8) is 0 Å². The minimum absolute atomic E-state index is 0.121. The van der Waals surface area contributed by atoms with Crippen molar-refractivity contribution in [3.8, 4) is 17.2 Å². The minimum Gasteiger partial charge on any atom is -0.490 e. The summed E-state index contributed by atoms with van der Waals surface area (Å²) < 4.78 is 12.9. The average molecular weight is 446 g/mol. The quantitative estimate of drug-likeness (QED) is 0.597. The molecule has 3 aromatic rings. The Morgan fingerprint density at radius 2 is 1.90 bits per heavy atom. The molecule has 1 amide bonds. The summed E-state index contributed by atoms with van der Waals surface area (Å²) >= 11 is 7.55. The zero-order chi connectivity index (χ0) is 21.1. The first-order valence-corrected chi connectivity index (χ1v) is 10.8. The van der Waals surface area contributed by atoms with Crippen molar-refractivity contribution in [3.05, 3.63) is 46.5 Å². The molecular weight excluding hydrogens is 426 g/mol. The lowest BCUT2D eigenvalue weighted by Gasteiger charge is -2.13. The maximum atomic E-state index is 12.5. The molecule has 30 heavy (non-hydrogen) atoms. The second-order valence-electron chi connectivity index (χ2n) is 6.78. The molecular formula is C20H20ClN5O3S. The van der Waals surface area contributed by atoms with Gasteiger partial charge in [0.2, 0.25) is 11.1 Å². The van der Waals surface area contributed by atoms with Crippen LogP contribution in [-0.4, -0.2) is 45.1 Å². The van der Waals surface area contributed by atoms with E-state index in [1.54, 1.807) is 16.8 Å². The molecule has 8 nitrogen and oxygen atoms in total. The van der Waals surface area contributed by atoms with Gasteiger partial charge in [-0.2, -0.15) is 4.68 Å². The number of aromatic nitrogens is 4. The molecule has 0 saturated carbocycles. The van der Waals surface area contributed by atoms with E-state index in [0.29, 0.717) is 40.6 Å². The van der Waals surface area contributed by atoms with E-state index in [0.717, 1.165) is 23.2 Å². The number of halogens is 1. The van der Waals surface area contributed by atoms with Crippen molar-refractivity contribution in [2.24, 2.45) is 0 Å². The zero-order valence-electron chi connectivity index (χ0n) is 16.5. The standard InChI is InChI=1S/C20H20ClN5O3S/c1-12-5-3-6-13(2)19(12)26-20(23-24-25-26)30-11-18(27)22-15-10-17-16(9-14(15)21)28-7-4-8-29-17/h3,5-6,9-10H,4,7-8,11H2,1-2H3,(H,22,27). The van der Waals surface area contributed by atoms with Gasteiger partial charge in [-0.1, -0.05) is 41.6 Å². The predicted molar refractivity (Wildman–Crippen MR) is 115 cm³/mol. The van der Waals surface area contributed by atoms with Crippen molar-refractivity contribution >= 4 is 35.0 Å². The summed E-state index contributed by atoms with van der Waals surface area (Å²) in [5, 5.41) is 15.7. The molecule has 0 saturated heterocycles. The van der Waals surface area contributed by atoms with Crippen LogP contribution in [0.1, 0.15) is 17.5 Å². The number of benzene rings is 2. The molecule has 1 aromatic heterocycles. The molecule has 10 heteroatoms. The fourth-order valence-electron chi connectivity index (χ4n) is 3.15. The fourth-order valence-corrected chi connectivity index (χ4v) is 4.02. The van der Waals surface area contributed by atoms with E-state index in [4.69, 9.17) is 21.1 Å². The van der Waals surface area contributed by atoms with Crippen LogP contribution in [0.25, 0.3) is 5.69 Å². The van der Waals surface area contributed by atoms with Gasteiger partial charge in [0, 0.05) is 18.6 Å². The van der Waals surface area contributed by atoms with Crippen LogP contribution in [0, 0.1) is 13.8 Å². The maximum Gasteiger partial charge on any atom is 0.234 e. The number of aryl methyl sites for hydroxylation is 2. The number of thioether (sulfide) groups is 1. The highest BCUT2D eigenvalue weighted by Crippen LogP contribution is 2.37. The van der Waals surface area contributed by atoms with Crippen LogP contribution >= 0.6 is 23.4 Å². The number of carbonyl (C=O) groups excluding carboxylic acids is 1. The topological polar surface area (TPSA) is 91.2 Å². The number of rotatable bonds is 5. The number of tetrazole rings is 1.